The van der Waals surface area contributed by atoms with Crippen LogP contribution in [0.1, 0.15) is 30.1 Å². The summed E-state index contributed by atoms with van der Waals surface area (Å²) in [4.78, 5) is 11.1. The second-order valence-corrected chi connectivity index (χ2v) is 3.45. The Kier molecular flexibility index (Phi) is 4.12. The van der Waals surface area contributed by atoms with Crippen LogP contribution in [0.2, 0.25) is 0 Å². The van der Waals surface area contributed by atoms with Gasteiger partial charge < -0.3 is 16.8 Å². The molecule has 15 heavy (non-hydrogen) atoms. The standard InChI is InChI=1S/C11H17N3O/c1-2-5-10(12)14-9-7-4-3-6-8(9)11(13)15/h3-4,6-7,10,14H,2,5,12H2,1H3,(H2,13,15). The Balaban J connectivity index is 2.79. The number of hydrogen-bond donors (Lipinski definition) is 3. The lowest BCUT2D eigenvalue weighted by Crippen LogP contribution is -2.30. The Morgan fingerprint density at radius 2 is 2.13 bits per heavy atom. The number of anilines is 1. The van der Waals surface area contributed by atoms with Crippen molar-refractivity contribution in [3.63, 3.8) is 0 Å². The first-order valence-electron chi connectivity index (χ1n) is 5.06. The molecule has 1 aromatic rings. The minimum atomic E-state index is -0.443. The second-order valence-electron chi connectivity index (χ2n) is 3.45. The molecule has 5 N–H and O–H groups in total. The van der Waals surface area contributed by atoms with Gasteiger partial charge in [-0.15, -0.1) is 0 Å². The van der Waals surface area contributed by atoms with E-state index in [1.807, 2.05) is 6.07 Å². The van der Waals surface area contributed by atoms with E-state index in [0.29, 0.717) is 11.3 Å². The molecule has 1 atom stereocenters. The van der Waals surface area contributed by atoms with Gasteiger partial charge in [-0.3, -0.25) is 4.79 Å². The lowest BCUT2D eigenvalue weighted by atomic mass is 10.1. The van der Waals surface area contributed by atoms with Crippen LogP contribution in [-0.4, -0.2) is 12.1 Å². The average Bonchev–Trinajstić information content (AvgIpc) is 2.18. The largest absolute Gasteiger partial charge is 0.369 e. The second kappa shape index (κ2) is 5.36. The molecule has 1 amide bonds. The van der Waals surface area contributed by atoms with E-state index in [4.69, 9.17) is 11.5 Å². The topological polar surface area (TPSA) is 81.1 Å². The predicted octanol–water partition coefficient (Wildman–Crippen LogP) is 1.28. The Bertz CT molecular complexity index is 338. The molecule has 0 saturated carbocycles. The number of para-hydroxylation sites is 1. The number of primary amides is 1. The van der Waals surface area contributed by atoms with E-state index in [0.717, 1.165) is 12.8 Å². The number of carbonyl (C=O) groups excluding carboxylic acids is 1. The van der Waals surface area contributed by atoms with E-state index in [1.54, 1.807) is 18.2 Å². The summed E-state index contributed by atoms with van der Waals surface area (Å²) in [5.74, 6) is -0.443. The molecule has 1 unspecified atom stereocenters. The molecule has 0 aliphatic carbocycles. The molecule has 0 heterocycles. The van der Waals surface area contributed by atoms with Crippen LogP contribution >= 0.6 is 0 Å². The lowest BCUT2D eigenvalue weighted by Gasteiger charge is -2.16. The molecule has 0 aliphatic heterocycles. The van der Waals surface area contributed by atoms with Crippen LogP contribution in [-0.2, 0) is 0 Å². The summed E-state index contributed by atoms with van der Waals surface area (Å²) in [6.07, 6.45) is 1.70. The van der Waals surface area contributed by atoms with Crippen LogP contribution in [0.25, 0.3) is 0 Å². The van der Waals surface area contributed by atoms with Crippen LogP contribution in [0.3, 0.4) is 0 Å². The maximum atomic E-state index is 11.1. The molecule has 0 aromatic heterocycles. The van der Waals surface area contributed by atoms with Crippen molar-refractivity contribution >= 4 is 11.6 Å². The fourth-order valence-electron chi connectivity index (χ4n) is 1.41. The van der Waals surface area contributed by atoms with Gasteiger partial charge in [-0.25, -0.2) is 0 Å². The smallest absolute Gasteiger partial charge is 0.250 e. The highest BCUT2D eigenvalue weighted by molar-refractivity contribution is 5.98. The molecule has 4 nitrogen and oxygen atoms in total. The third-order valence-corrected chi connectivity index (χ3v) is 2.13. The summed E-state index contributed by atoms with van der Waals surface area (Å²) in [6, 6.07) is 7.10. The van der Waals surface area contributed by atoms with Crippen molar-refractivity contribution in [1.29, 1.82) is 0 Å². The average molecular weight is 207 g/mol. The number of rotatable bonds is 5. The first-order chi connectivity index (χ1) is 7.15. The van der Waals surface area contributed by atoms with E-state index in [9.17, 15) is 4.79 Å². The van der Waals surface area contributed by atoms with Crippen LogP contribution in [0.5, 0.6) is 0 Å². The fourth-order valence-corrected chi connectivity index (χ4v) is 1.41. The Hall–Kier alpha value is -1.55. The molecule has 0 saturated heterocycles. The van der Waals surface area contributed by atoms with Crippen LogP contribution in [0.4, 0.5) is 5.69 Å². The highest BCUT2D eigenvalue weighted by Gasteiger charge is 2.08. The van der Waals surface area contributed by atoms with Crippen molar-refractivity contribution in [3.05, 3.63) is 29.8 Å². The molecule has 0 radical (unpaired) electrons. The number of amides is 1. The summed E-state index contributed by atoms with van der Waals surface area (Å²) in [5, 5.41) is 3.07. The zero-order chi connectivity index (χ0) is 11.3. The van der Waals surface area contributed by atoms with E-state index in [-0.39, 0.29) is 6.17 Å². The SMILES string of the molecule is CCCC(N)Nc1ccccc1C(N)=O. The summed E-state index contributed by atoms with van der Waals surface area (Å²) >= 11 is 0. The van der Waals surface area contributed by atoms with Gasteiger partial charge >= 0.3 is 0 Å². The van der Waals surface area contributed by atoms with Gasteiger partial charge in [-0.05, 0) is 18.6 Å². The van der Waals surface area contributed by atoms with Crippen LogP contribution in [0.15, 0.2) is 24.3 Å². The van der Waals surface area contributed by atoms with E-state index in [2.05, 4.69) is 12.2 Å². The fraction of sp³-hybridized carbons (Fsp3) is 0.364. The molecule has 4 heteroatoms. The molecular formula is C11H17N3O. The molecule has 1 aromatic carbocycles. The van der Waals surface area contributed by atoms with Gasteiger partial charge in [0.15, 0.2) is 0 Å². The molecule has 1 rings (SSSR count). The summed E-state index contributed by atoms with van der Waals surface area (Å²) in [6.45, 7) is 2.06. The van der Waals surface area contributed by atoms with E-state index >= 15 is 0 Å². The van der Waals surface area contributed by atoms with Gasteiger partial charge in [-0.2, -0.15) is 0 Å². The summed E-state index contributed by atoms with van der Waals surface area (Å²) in [5.41, 5.74) is 12.2. The van der Waals surface area contributed by atoms with Crippen molar-refractivity contribution in [2.24, 2.45) is 11.5 Å². The van der Waals surface area contributed by atoms with E-state index < -0.39 is 5.91 Å². The van der Waals surface area contributed by atoms with Crippen LogP contribution in [0, 0.1) is 0 Å². The predicted molar refractivity (Wildman–Crippen MR) is 61.5 cm³/mol. The van der Waals surface area contributed by atoms with Gasteiger partial charge in [0.25, 0.3) is 5.91 Å². The van der Waals surface area contributed by atoms with Crippen molar-refractivity contribution in [1.82, 2.24) is 0 Å². The van der Waals surface area contributed by atoms with Crippen molar-refractivity contribution in [3.8, 4) is 0 Å². The van der Waals surface area contributed by atoms with Gasteiger partial charge in [-0.1, -0.05) is 25.5 Å². The third kappa shape index (κ3) is 3.25. The maximum absolute atomic E-state index is 11.1. The number of nitrogens with two attached hydrogens (primary N) is 2. The van der Waals surface area contributed by atoms with Crippen molar-refractivity contribution < 1.29 is 4.79 Å². The summed E-state index contributed by atoms with van der Waals surface area (Å²) in [7, 11) is 0. The minimum Gasteiger partial charge on any atom is -0.369 e. The molecular weight excluding hydrogens is 190 g/mol. The maximum Gasteiger partial charge on any atom is 0.250 e. The molecule has 0 spiro atoms. The zero-order valence-corrected chi connectivity index (χ0v) is 8.86. The zero-order valence-electron chi connectivity index (χ0n) is 8.86. The van der Waals surface area contributed by atoms with Gasteiger partial charge in [0.1, 0.15) is 0 Å². The Labute approximate surface area is 89.6 Å². The molecule has 82 valence electrons. The third-order valence-electron chi connectivity index (χ3n) is 2.13. The van der Waals surface area contributed by atoms with Crippen molar-refractivity contribution in [2.75, 3.05) is 5.32 Å². The highest BCUT2D eigenvalue weighted by atomic mass is 16.1. The minimum absolute atomic E-state index is 0.143. The molecule has 0 aliphatic rings. The normalized spacial score (nSPS) is 12.1. The van der Waals surface area contributed by atoms with E-state index in [1.165, 1.54) is 0 Å². The quantitative estimate of drug-likeness (QED) is 0.636. The van der Waals surface area contributed by atoms with Crippen molar-refractivity contribution in [2.45, 2.75) is 25.9 Å². The molecule has 0 bridgehead atoms. The van der Waals surface area contributed by atoms with Crippen LogP contribution < -0.4 is 16.8 Å². The monoisotopic (exact) mass is 207 g/mol. The Morgan fingerprint density at radius 1 is 1.47 bits per heavy atom. The number of carbonyl (C=O) groups is 1. The Morgan fingerprint density at radius 3 is 2.73 bits per heavy atom. The molecule has 0 fully saturated rings. The first kappa shape index (κ1) is 11.5. The van der Waals surface area contributed by atoms with Gasteiger partial charge in [0, 0.05) is 5.69 Å². The number of nitrogens with one attached hydrogen (secondary N) is 1. The highest BCUT2D eigenvalue weighted by Crippen LogP contribution is 2.15. The summed E-state index contributed by atoms with van der Waals surface area (Å²) < 4.78 is 0. The number of hydrogen-bond acceptors (Lipinski definition) is 3. The lowest BCUT2D eigenvalue weighted by molar-refractivity contribution is 0.100. The van der Waals surface area contributed by atoms with Gasteiger partial charge in [0.05, 0.1) is 11.7 Å². The number of benzene rings is 1. The first-order valence-corrected chi connectivity index (χ1v) is 5.06. The van der Waals surface area contributed by atoms with Gasteiger partial charge in [0.2, 0.25) is 0 Å².